The minimum atomic E-state index is 0. The molecule has 140 valence electrons. The van der Waals surface area contributed by atoms with Gasteiger partial charge in [0, 0.05) is 19.6 Å². The van der Waals surface area contributed by atoms with E-state index in [1.54, 1.807) is 7.11 Å². The van der Waals surface area contributed by atoms with Crippen LogP contribution in [0.4, 0.5) is 0 Å². The number of rotatable bonds is 6. The molecule has 0 radical (unpaired) electrons. The number of methoxy groups -OCH3 is 1. The molecule has 3 rings (SSSR count). The lowest BCUT2D eigenvalue weighted by atomic mass is 10.1. The minimum absolute atomic E-state index is 0. The Balaban J connectivity index is 0.00000225. The van der Waals surface area contributed by atoms with E-state index >= 15 is 0 Å². The molecule has 1 aromatic rings. The van der Waals surface area contributed by atoms with Crippen LogP contribution in [-0.2, 0) is 0 Å². The van der Waals surface area contributed by atoms with Crippen LogP contribution in [0.1, 0.15) is 37.8 Å². The van der Waals surface area contributed by atoms with Gasteiger partial charge in [-0.2, -0.15) is 0 Å². The molecular weight excluding hydrogens is 427 g/mol. The number of nitrogens with one attached hydrogen (secondary N) is 2. The van der Waals surface area contributed by atoms with Gasteiger partial charge in [0.1, 0.15) is 5.75 Å². The molecule has 0 amide bonds. The van der Waals surface area contributed by atoms with Crippen LogP contribution < -0.4 is 15.4 Å². The van der Waals surface area contributed by atoms with Crippen molar-refractivity contribution in [3.63, 3.8) is 0 Å². The summed E-state index contributed by atoms with van der Waals surface area (Å²) in [5.74, 6) is 2.60. The summed E-state index contributed by atoms with van der Waals surface area (Å²) >= 11 is 0. The first kappa shape index (κ1) is 20.3. The summed E-state index contributed by atoms with van der Waals surface area (Å²) in [6, 6.07) is 9.37. The zero-order chi connectivity index (χ0) is 16.9. The van der Waals surface area contributed by atoms with Crippen molar-refractivity contribution in [2.24, 2.45) is 10.9 Å². The normalized spacial score (nSPS) is 24.4. The van der Waals surface area contributed by atoms with Crippen LogP contribution in [0, 0.1) is 5.92 Å². The molecular formula is C19H31IN4O. The number of aliphatic imine (C=N–C) groups is 1. The minimum Gasteiger partial charge on any atom is -0.497 e. The predicted octanol–water partition coefficient (Wildman–Crippen LogP) is 3.02. The fourth-order valence-corrected chi connectivity index (χ4v) is 3.45. The number of halogens is 1. The maximum atomic E-state index is 5.41. The third kappa shape index (κ3) is 5.48. The summed E-state index contributed by atoms with van der Waals surface area (Å²) in [5.41, 5.74) is 1.30. The number of likely N-dealkylation sites (tertiary alicyclic amines) is 1. The van der Waals surface area contributed by atoms with E-state index in [9.17, 15) is 0 Å². The standard InChI is InChI=1S/C19H30N4O.HI/c1-14-11-17(14)22-19(20-2)21-13-18(23-9-4-5-10-23)15-7-6-8-16(12-15)24-3;/h6-8,12,14,17-18H,4-5,9-11,13H2,1-3H3,(H2,20,21,22);1H. The highest BCUT2D eigenvalue weighted by molar-refractivity contribution is 14.0. The summed E-state index contributed by atoms with van der Waals surface area (Å²) in [5, 5.41) is 7.04. The highest BCUT2D eigenvalue weighted by atomic mass is 127. The van der Waals surface area contributed by atoms with Crippen molar-refractivity contribution in [2.75, 3.05) is 33.8 Å². The molecule has 5 nitrogen and oxygen atoms in total. The van der Waals surface area contributed by atoms with Gasteiger partial charge >= 0.3 is 0 Å². The lowest BCUT2D eigenvalue weighted by molar-refractivity contribution is 0.245. The summed E-state index contributed by atoms with van der Waals surface area (Å²) in [4.78, 5) is 6.94. The Morgan fingerprint density at radius 3 is 2.68 bits per heavy atom. The third-order valence-corrected chi connectivity index (χ3v) is 5.18. The van der Waals surface area contributed by atoms with Gasteiger partial charge < -0.3 is 15.4 Å². The third-order valence-electron chi connectivity index (χ3n) is 5.18. The van der Waals surface area contributed by atoms with Crippen LogP contribution in [0.2, 0.25) is 0 Å². The van der Waals surface area contributed by atoms with Crippen LogP contribution in [0.5, 0.6) is 5.75 Å². The number of hydrogen-bond acceptors (Lipinski definition) is 3. The van der Waals surface area contributed by atoms with Gasteiger partial charge in [0.2, 0.25) is 0 Å². The van der Waals surface area contributed by atoms with Gasteiger partial charge in [-0.05, 0) is 56.0 Å². The van der Waals surface area contributed by atoms with E-state index in [1.165, 1.54) is 24.8 Å². The lowest BCUT2D eigenvalue weighted by Crippen LogP contribution is -2.43. The molecule has 0 bridgehead atoms. The molecule has 0 spiro atoms. The van der Waals surface area contributed by atoms with Crippen LogP contribution in [0.15, 0.2) is 29.3 Å². The second kappa shape index (κ2) is 9.62. The van der Waals surface area contributed by atoms with E-state index < -0.39 is 0 Å². The fraction of sp³-hybridized carbons (Fsp3) is 0.632. The van der Waals surface area contributed by atoms with Gasteiger partial charge in [0.15, 0.2) is 5.96 Å². The smallest absolute Gasteiger partial charge is 0.191 e. The Morgan fingerprint density at radius 2 is 2.08 bits per heavy atom. The predicted molar refractivity (Wildman–Crippen MR) is 114 cm³/mol. The molecule has 3 atom stereocenters. The average molecular weight is 458 g/mol. The SMILES string of the molecule is CN=C(NCC(c1cccc(OC)c1)N1CCCC1)NC1CC1C.I. The van der Waals surface area contributed by atoms with Gasteiger partial charge in [-0.3, -0.25) is 9.89 Å². The maximum absolute atomic E-state index is 5.41. The van der Waals surface area contributed by atoms with Crippen molar-refractivity contribution in [1.29, 1.82) is 0 Å². The largest absolute Gasteiger partial charge is 0.497 e. The molecule has 2 aliphatic rings. The molecule has 0 aromatic heterocycles. The molecule has 1 aromatic carbocycles. The molecule has 1 aliphatic carbocycles. The molecule has 6 heteroatoms. The topological polar surface area (TPSA) is 48.9 Å². The Labute approximate surface area is 168 Å². The van der Waals surface area contributed by atoms with Crippen molar-refractivity contribution in [3.8, 4) is 5.75 Å². The van der Waals surface area contributed by atoms with E-state index in [2.05, 4.69) is 45.6 Å². The number of ether oxygens (including phenoxy) is 1. The molecule has 1 aliphatic heterocycles. The second-order valence-electron chi connectivity index (χ2n) is 6.95. The van der Waals surface area contributed by atoms with Gasteiger partial charge in [-0.15, -0.1) is 24.0 Å². The number of benzene rings is 1. The van der Waals surface area contributed by atoms with E-state index in [-0.39, 0.29) is 24.0 Å². The highest BCUT2D eigenvalue weighted by Gasteiger charge is 2.33. The monoisotopic (exact) mass is 458 g/mol. The van der Waals surface area contributed by atoms with Gasteiger partial charge in [-0.1, -0.05) is 19.1 Å². The van der Waals surface area contributed by atoms with Crippen molar-refractivity contribution in [1.82, 2.24) is 15.5 Å². The van der Waals surface area contributed by atoms with E-state index in [0.29, 0.717) is 12.1 Å². The van der Waals surface area contributed by atoms with E-state index in [4.69, 9.17) is 4.74 Å². The first-order valence-corrected chi connectivity index (χ1v) is 9.06. The molecule has 1 saturated heterocycles. The number of guanidine groups is 1. The first-order valence-electron chi connectivity index (χ1n) is 9.06. The summed E-state index contributed by atoms with van der Waals surface area (Å²) in [6.45, 7) is 5.45. The quantitative estimate of drug-likeness (QED) is 0.391. The van der Waals surface area contributed by atoms with Crippen LogP contribution in [0.3, 0.4) is 0 Å². The number of hydrogen-bond donors (Lipinski definition) is 2. The van der Waals surface area contributed by atoms with Crippen LogP contribution in [0.25, 0.3) is 0 Å². The van der Waals surface area contributed by atoms with Crippen molar-refractivity contribution < 1.29 is 4.74 Å². The van der Waals surface area contributed by atoms with E-state index in [1.807, 2.05) is 13.1 Å². The molecule has 1 saturated carbocycles. The summed E-state index contributed by atoms with van der Waals surface area (Å²) in [6.07, 6.45) is 3.81. The zero-order valence-corrected chi connectivity index (χ0v) is 17.8. The molecule has 1 heterocycles. The molecule has 2 fully saturated rings. The Hall–Kier alpha value is -1.02. The van der Waals surface area contributed by atoms with Crippen LogP contribution in [-0.4, -0.2) is 50.7 Å². The Morgan fingerprint density at radius 1 is 1.36 bits per heavy atom. The molecule has 3 unspecified atom stereocenters. The van der Waals surface area contributed by atoms with Crippen molar-refractivity contribution >= 4 is 29.9 Å². The number of nitrogens with zero attached hydrogens (tertiary/aromatic N) is 2. The average Bonchev–Trinajstić information content (AvgIpc) is 3.07. The van der Waals surface area contributed by atoms with Gasteiger partial charge in [-0.25, -0.2) is 0 Å². The van der Waals surface area contributed by atoms with Crippen molar-refractivity contribution in [3.05, 3.63) is 29.8 Å². The molecule has 25 heavy (non-hydrogen) atoms. The Bertz CT molecular complexity index is 574. The molecule has 2 N–H and O–H groups in total. The maximum Gasteiger partial charge on any atom is 0.191 e. The van der Waals surface area contributed by atoms with Gasteiger partial charge in [0.05, 0.1) is 13.2 Å². The van der Waals surface area contributed by atoms with Crippen molar-refractivity contribution in [2.45, 2.75) is 38.3 Å². The Kier molecular flexibility index (Phi) is 7.81. The fourth-order valence-electron chi connectivity index (χ4n) is 3.45. The van der Waals surface area contributed by atoms with E-state index in [0.717, 1.165) is 37.3 Å². The highest BCUT2D eigenvalue weighted by Crippen LogP contribution is 2.29. The summed E-state index contributed by atoms with van der Waals surface area (Å²) in [7, 11) is 3.57. The summed E-state index contributed by atoms with van der Waals surface area (Å²) < 4.78 is 5.41. The zero-order valence-electron chi connectivity index (χ0n) is 15.5. The van der Waals surface area contributed by atoms with Gasteiger partial charge in [0.25, 0.3) is 0 Å². The van der Waals surface area contributed by atoms with Crippen LogP contribution >= 0.6 is 24.0 Å². The lowest BCUT2D eigenvalue weighted by Gasteiger charge is -2.29. The second-order valence-corrected chi connectivity index (χ2v) is 6.95. The first-order chi connectivity index (χ1) is 11.7.